The molecule has 0 radical (unpaired) electrons. The van der Waals surface area contributed by atoms with Crippen LogP contribution in [-0.2, 0) is 28.7 Å². The topological polar surface area (TPSA) is 94.2 Å². The van der Waals surface area contributed by atoms with Gasteiger partial charge < -0.3 is 14.4 Å². The van der Waals surface area contributed by atoms with Gasteiger partial charge in [-0.25, -0.2) is 5.48 Å². The van der Waals surface area contributed by atoms with E-state index in [1.165, 1.54) is 39.2 Å². The van der Waals surface area contributed by atoms with Gasteiger partial charge in [0.2, 0.25) is 5.91 Å². The van der Waals surface area contributed by atoms with Crippen LogP contribution in [0.15, 0.2) is 0 Å². The third kappa shape index (κ3) is 31.0. The van der Waals surface area contributed by atoms with Crippen molar-refractivity contribution in [3.8, 4) is 0 Å². The van der Waals surface area contributed by atoms with Crippen LogP contribution in [0.1, 0.15) is 188 Å². The van der Waals surface area contributed by atoms with Crippen LogP contribution in [0, 0.1) is 0 Å². The SMILES string of the molecule is CCCCCCCOC(=O)CCCCCCCN(CCCCCCCC(=O)OC(CCCC)CCCCC)CCCC(=O)NOC. The van der Waals surface area contributed by atoms with Crippen molar-refractivity contribution in [2.75, 3.05) is 33.4 Å². The summed E-state index contributed by atoms with van der Waals surface area (Å²) in [7, 11) is 1.46. The Hall–Kier alpha value is -1.67. The molecule has 1 N–H and O–H groups in total. The molecule has 0 saturated carbocycles. The van der Waals surface area contributed by atoms with Crippen LogP contribution in [0.2, 0.25) is 0 Å². The summed E-state index contributed by atoms with van der Waals surface area (Å²) in [6.07, 6.45) is 26.9. The van der Waals surface area contributed by atoms with Gasteiger partial charge in [0.25, 0.3) is 0 Å². The first-order valence-corrected chi connectivity index (χ1v) is 19.4. The summed E-state index contributed by atoms with van der Waals surface area (Å²) in [6.45, 7) is 10.1. The molecule has 0 aliphatic rings. The van der Waals surface area contributed by atoms with Gasteiger partial charge in [0.1, 0.15) is 6.10 Å². The predicted molar refractivity (Wildman–Crippen MR) is 189 cm³/mol. The van der Waals surface area contributed by atoms with E-state index >= 15 is 0 Å². The minimum absolute atomic E-state index is 0.0191. The monoisotopic (exact) mass is 655 g/mol. The van der Waals surface area contributed by atoms with Gasteiger partial charge in [-0.05, 0) is 77.4 Å². The molecule has 8 nitrogen and oxygen atoms in total. The van der Waals surface area contributed by atoms with Crippen molar-refractivity contribution in [2.45, 2.75) is 194 Å². The summed E-state index contributed by atoms with van der Waals surface area (Å²) in [5.74, 6) is -0.143. The normalized spacial score (nSPS) is 11.9. The van der Waals surface area contributed by atoms with E-state index in [0.29, 0.717) is 25.9 Å². The zero-order valence-corrected chi connectivity index (χ0v) is 30.7. The summed E-state index contributed by atoms with van der Waals surface area (Å²) < 4.78 is 11.2. The zero-order chi connectivity index (χ0) is 33.9. The van der Waals surface area contributed by atoms with Crippen LogP contribution in [0.3, 0.4) is 0 Å². The minimum atomic E-state index is -0.0753. The van der Waals surface area contributed by atoms with E-state index in [1.54, 1.807) is 0 Å². The molecular formula is C38H74N2O6. The Bertz CT molecular complexity index is 705. The lowest BCUT2D eigenvalue weighted by molar-refractivity contribution is -0.150. The number of carbonyl (C=O) groups excluding carboxylic acids is 3. The molecule has 0 aromatic heterocycles. The number of hydroxylamine groups is 1. The van der Waals surface area contributed by atoms with Crippen LogP contribution in [0.5, 0.6) is 0 Å². The molecule has 0 rings (SSSR count). The number of unbranched alkanes of at least 4 members (excludes halogenated alkanes) is 15. The standard InChI is InChI=1S/C38H74N2O6/c1-5-8-11-18-24-34-45-37(42)29-20-14-12-16-22-31-40(33-25-28-36(41)39-44-4)32-23-17-13-15-21-30-38(43)46-35(26-10-7-3)27-19-9-6-2/h35H,5-34H2,1-4H3,(H,39,41). The van der Waals surface area contributed by atoms with Crippen molar-refractivity contribution in [3.05, 3.63) is 0 Å². The fourth-order valence-corrected chi connectivity index (χ4v) is 5.76. The van der Waals surface area contributed by atoms with Gasteiger partial charge in [-0.1, -0.05) is 111 Å². The quantitative estimate of drug-likeness (QED) is 0.0413. The first-order chi connectivity index (χ1) is 22.5. The first-order valence-electron chi connectivity index (χ1n) is 19.4. The molecule has 0 bridgehead atoms. The number of rotatable bonds is 35. The summed E-state index contributed by atoms with van der Waals surface area (Å²) in [6, 6.07) is 0. The molecule has 8 heteroatoms. The van der Waals surface area contributed by atoms with E-state index in [1.807, 2.05) is 0 Å². The third-order valence-corrected chi connectivity index (χ3v) is 8.62. The van der Waals surface area contributed by atoms with E-state index < -0.39 is 0 Å². The van der Waals surface area contributed by atoms with Crippen LogP contribution in [0.4, 0.5) is 0 Å². The molecule has 272 valence electrons. The van der Waals surface area contributed by atoms with Crippen LogP contribution in [0.25, 0.3) is 0 Å². The maximum atomic E-state index is 12.4. The van der Waals surface area contributed by atoms with Gasteiger partial charge in [-0.2, -0.15) is 0 Å². The lowest BCUT2D eigenvalue weighted by Gasteiger charge is -2.22. The number of amides is 1. The number of nitrogens with zero attached hydrogens (tertiary/aromatic N) is 1. The first kappa shape index (κ1) is 44.3. The Morgan fingerprint density at radius 1 is 0.543 bits per heavy atom. The molecule has 0 spiro atoms. The highest BCUT2D eigenvalue weighted by Gasteiger charge is 2.14. The number of ether oxygens (including phenoxy) is 2. The van der Waals surface area contributed by atoms with E-state index in [2.05, 4.69) is 31.2 Å². The molecule has 0 aromatic rings. The van der Waals surface area contributed by atoms with E-state index in [4.69, 9.17) is 14.3 Å². The van der Waals surface area contributed by atoms with Crippen molar-refractivity contribution < 1.29 is 28.7 Å². The molecular weight excluding hydrogens is 580 g/mol. The van der Waals surface area contributed by atoms with Crippen LogP contribution in [-0.4, -0.2) is 62.2 Å². The average molecular weight is 655 g/mol. The van der Waals surface area contributed by atoms with Crippen molar-refractivity contribution in [3.63, 3.8) is 0 Å². The molecule has 1 unspecified atom stereocenters. The Balaban J connectivity index is 4.17. The molecule has 1 amide bonds. The molecule has 0 heterocycles. The Morgan fingerprint density at radius 3 is 1.67 bits per heavy atom. The van der Waals surface area contributed by atoms with Gasteiger partial charge in [0.15, 0.2) is 0 Å². The van der Waals surface area contributed by atoms with Crippen molar-refractivity contribution in [2.24, 2.45) is 0 Å². The number of esters is 2. The smallest absolute Gasteiger partial charge is 0.306 e. The van der Waals surface area contributed by atoms with Crippen LogP contribution < -0.4 is 5.48 Å². The number of hydrogen-bond donors (Lipinski definition) is 1. The third-order valence-electron chi connectivity index (χ3n) is 8.62. The molecule has 1 atom stereocenters. The second-order valence-corrected chi connectivity index (χ2v) is 13.1. The molecule has 0 fully saturated rings. The van der Waals surface area contributed by atoms with Gasteiger partial charge in [0.05, 0.1) is 13.7 Å². The van der Waals surface area contributed by atoms with Gasteiger partial charge >= 0.3 is 11.9 Å². The van der Waals surface area contributed by atoms with Gasteiger partial charge in [-0.15, -0.1) is 0 Å². The number of carbonyl (C=O) groups is 3. The van der Waals surface area contributed by atoms with Crippen LogP contribution >= 0.6 is 0 Å². The summed E-state index contributed by atoms with van der Waals surface area (Å²) in [4.78, 5) is 43.4. The summed E-state index contributed by atoms with van der Waals surface area (Å²) >= 11 is 0. The second-order valence-electron chi connectivity index (χ2n) is 13.1. The lowest BCUT2D eigenvalue weighted by Crippen LogP contribution is -2.29. The average Bonchev–Trinajstić information content (AvgIpc) is 3.04. The second kappa shape index (κ2) is 34.7. The Morgan fingerprint density at radius 2 is 1.04 bits per heavy atom. The zero-order valence-electron chi connectivity index (χ0n) is 30.7. The Kier molecular flexibility index (Phi) is 33.4. The highest BCUT2D eigenvalue weighted by atomic mass is 16.6. The highest BCUT2D eigenvalue weighted by Crippen LogP contribution is 2.16. The molecule has 0 saturated heterocycles. The lowest BCUT2D eigenvalue weighted by atomic mass is 10.1. The highest BCUT2D eigenvalue weighted by molar-refractivity contribution is 5.74. The Labute approximate surface area is 283 Å². The summed E-state index contributed by atoms with van der Waals surface area (Å²) in [5, 5.41) is 0. The predicted octanol–water partition coefficient (Wildman–Crippen LogP) is 9.62. The number of nitrogens with one attached hydrogen (secondary N) is 1. The number of hydrogen-bond acceptors (Lipinski definition) is 7. The molecule has 0 aromatic carbocycles. The fourth-order valence-electron chi connectivity index (χ4n) is 5.76. The summed E-state index contributed by atoms with van der Waals surface area (Å²) in [5.41, 5.74) is 2.41. The van der Waals surface area contributed by atoms with E-state index in [-0.39, 0.29) is 23.9 Å². The minimum Gasteiger partial charge on any atom is -0.466 e. The molecule has 0 aliphatic carbocycles. The van der Waals surface area contributed by atoms with Crippen molar-refractivity contribution >= 4 is 17.8 Å². The molecule has 46 heavy (non-hydrogen) atoms. The van der Waals surface area contributed by atoms with Crippen molar-refractivity contribution in [1.82, 2.24) is 10.4 Å². The van der Waals surface area contributed by atoms with E-state index in [0.717, 1.165) is 135 Å². The fraction of sp³-hybridized carbons (Fsp3) is 0.921. The van der Waals surface area contributed by atoms with Gasteiger partial charge in [-0.3, -0.25) is 19.2 Å². The maximum Gasteiger partial charge on any atom is 0.306 e. The molecule has 0 aliphatic heterocycles. The van der Waals surface area contributed by atoms with Gasteiger partial charge in [0, 0.05) is 19.3 Å². The largest absolute Gasteiger partial charge is 0.466 e. The van der Waals surface area contributed by atoms with Crippen molar-refractivity contribution in [1.29, 1.82) is 0 Å². The maximum absolute atomic E-state index is 12.4. The van der Waals surface area contributed by atoms with E-state index in [9.17, 15) is 14.4 Å².